The van der Waals surface area contributed by atoms with Crippen LogP contribution in [-0.4, -0.2) is 41.8 Å². The molecule has 0 atom stereocenters. The molecule has 2 aromatic carbocycles. The molecule has 2 N–H and O–H groups in total. The Hall–Kier alpha value is -2.90. The van der Waals surface area contributed by atoms with Crippen molar-refractivity contribution in [2.45, 2.75) is 6.54 Å². The third kappa shape index (κ3) is 3.83. The summed E-state index contributed by atoms with van der Waals surface area (Å²) in [6.07, 6.45) is 1.31. The number of halogens is 2. The first-order chi connectivity index (χ1) is 13.9. The molecule has 0 spiro atoms. The van der Waals surface area contributed by atoms with Gasteiger partial charge in [-0.3, -0.25) is 4.79 Å². The Morgan fingerprint density at radius 3 is 2.66 bits per heavy atom. The highest BCUT2D eigenvalue weighted by Gasteiger charge is 2.20. The Morgan fingerprint density at radius 2 is 1.97 bits per heavy atom. The number of piperazine rings is 1. The number of aromatic carboxylic acids is 1. The minimum Gasteiger partial charge on any atom is -0.477 e. The fourth-order valence-electron chi connectivity index (χ4n) is 3.66. The van der Waals surface area contributed by atoms with Gasteiger partial charge in [0.05, 0.1) is 11.2 Å². The third-order valence-electron chi connectivity index (χ3n) is 5.08. The van der Waals surface area contributed by atoms with E-state index in [9.17, 15) is 19.1 Å². The highest BCUT2D eigenvalue weighted by Crippen LogP contribution is 2.26. The summed E-state index contributed by atoms with van der Waals surface area (Å²) in [6, 6.07) is 9.95. The molecule has 0 amide bonds. The lowest BCUT2D eigenvalue weighted by atomic mass is 10.1. The molecule has 0 bridgehead atoms. The highest BCUT2D eigenvalue weighted by atomic mass is 35.5. The summed E-state index contributed by atoms with van der Waals surface area (Å²) < 4.78 is 16.5. The van der Waals surface area contributed by atoms with Gasteiger partial charge in [0.2, 0.25) is 5.43 Å². The first-order valence-corrected chi connectivity index (χ1v) is 9.62. The zero-order valence-electron chi connectivity index (χ0n) is 15.5. The fourth-order valence-corrected chi connectivity index (χ4v) is 3.88. The average Bonchev–Trinajstić information content (AvgIpc) is 2.70. The Balaban J connectivity index is 1.92. The lowest BCUT2D eigenvalue weighted by Gasteiger charge is -2.30. The summed E-state index contributed by atoms with van der Waals surface area (Å²) in [5, 5.41) is 13.3. The second-order valence-corrected chi connectivity index (χ2v) is 7.43. The molecule has 4 rings (SSSR count). The van der Waals surface area contributed by atoms with Crippen molar-refractivity contribution in [1.29, 1.82) is 0 Å². The summed E-state index contributed by atoms with van der Waals surface area (Å²) >= 11 is 6.07. The van der Waals surface area contributed by atoms with Gasteiger partial charge < -0.3 is 19.9 Å². The smallest absolute Gasteiger partial charge is 0.341 e. The number of carboxylic acids is 1. The van der Waals surface area contributed by atoms with Crippen LogP contribution in [0.4, 0.5) is 10.1 Å². The molecule has 1 saturated heterocycles. The normalized spacial score (nSPS) is 14.3. The summed E-state index contributed by atoms with van der Waals surface area (Å²) in [6.45, 7) is 3.07. The standard InChI is InChI=1S/C21H19ClFN3O3/c22-14-3-1-2-13(8-14)11-26-12-16(21(28)29)20(27)15-9-17(23)19(10-18(15)26)25-6-4-24-5-7-25/h1-3,8-10,12,24H,4-7,11H2,(H,28,29). The van der Waals surface area contributed by atoms with Gasteiger partial charge in [0.25, 0.3) is 0 Å². The number of carbonyl (C=O) groups is 1. The number of hydrogen-bond donors (Lipinski definition) is 2. The van der Waals surface area contributed by atoms with Crippen LogP contribution in [0.3, 0.4) is 0 Å². The van der Waals surface area contributed by atoms with Gasteiger partial charge in [-0.15, -0.1) is 0 Å². The molecule has 150 valence electrons. The van der Waals surface area contributed by atoms with Crippen LogP contribution in [0.1, 0.15) is 15.9 Å². The van der Waals surface area contributed by atoms with Crippen LogP contribution in [0.5, 0.6) is 0 Å². The summed E-state index contributed by atoms with van der Waals surface area (Å²) in [5.74, 6) is -1.88. The van der Waals surface area contributed by atoms with Crippen LogP contribution in [0, 0.1) is 5.82 Å². The molecule has 1 fully saturated rings. The van der Waals surface area contributed by atoms with Crippen molar-refractivity contribution in [2.24, 2.45) is 0 Å². The highest BCUT2D eigenvalue weighted by molar-refractivity contribution is 6.30. The zero-order valence-corrected chi connectivity index (χ0v) is 16.2. The Bertz CT molecular complexity index is 1160. The van der Waals surface area contributed by atoms with Gasteiger partial charge in [0.15, 0.2) is 0 Å². The predicted octanol–water partition coefficient (Wildman–Crippen LogP) is 2.95. The minimum absolute atomic E-state index is 0.0447. The van der Waals surface area contributed by atoms with E-state index in [2.05, 4.69) is 5.32 Å². The third-order valence-corrected chi connectivity index (χ3v) is 5.31. The van der Waals surface area contributed by atoms with Gasteiger partial charge in [-0.05, 0) is 29.8 Å². The molecular weight excluding hydrogens is 397 g/mol. The van der Waals surface area contributed by atoms with E-state index < -0.39 is 22.8 Å². The average molecular weight is 416 g/mol. The van der Waals surface area contributed by atoms with E-state index in [-0.39, 0.29) is 5.39 Å². The van der Waals surface area contributed by atoms with Crippen molar-refractivity contribution in [3.05, 3.63) is 74.8 Å². The molecule has 0 saturated carbocycles. The van der Waals surface area contributed by atoms with Gasteiger partial charge in [0.1, 0.15) is 11.4 Å². The van der Waals surface area contributed by atoms with E-state index in [0.29, 0.717) is 35.9 Å². The molecular formula is C21H19ClFN3O3. The van der Waals surface area contributed by atoms with Crippen LogP contribution in [0.15, 0.2) is 47.4 Å². The Kier molecular flexibility index (Phi) is 5.25. The van der Waals surface area contributed by atoms with Crippen LogP contribution in [-0.2, 0) is 6.54 Å². The topological polar surface area (TPSA) is 74.6 Å². The molecule has 0 radical (unpaired) electrons. The quantitative estimate of drug-likeness (QED) is 0.685. The number of nitrogens with zero attached hydrogens (tertiary/aromatic N) is 2. The van der Waals surface area contributed by atoms with Gasteiger partial charge >= 0.3 is 5.97 Å². The van der Waals surface area contributed by atoms with Gasteiger partial charge in [-0.2, -0.15) is 0 Å². The predicted molar refractivity (Wildman–Crippen MR) is 111 cm³/mol. The first-order valence-electron chi connectivity index (χ1n) is 9.24. The maximum absolute atomic E-state index is 14.9. The number of benzene rings is 2. The summed E-state index contributed by atoms with van der Waals surface area (Å²) in [7, 11) is 0. The van der Waals surface area contributed by atoms with Gasteiger partial charge in [-0.25, -0.2) is 9.18 Å². The number of hydrogen-bond acceptors (Lipinski definition) is 4. The van der Waals surface area contributed by atoms with E-state index in [1.165, 1.54) is 6.20 Å². The number of aromatic nitrogens is 1. The first kappa shape index (κ1) is 19.4. The number of anilines is 1. The number of fused-ring (bicyclic) bond motifs is 1. The molecule has 8 heteroatoms. The van der Waals surface area contributed by atoms with Crippen LogP contribution in [0.2, 0.25) is 5.02 Å². The van der Waals surface area contributed by atoms with E-state index in [1.54, 1.807) is 28.8 Å². The second-order valence-electron chi connectivity index (χ2n) is 6.99. The van der Waals surface area contributed by atoms with E-state index in [4.69, 9.17) is 11.6 Å². The SMILES string of the molecule is O=C(O)c1cn(Cc2cccc(Cl)c2)c2cc(N3CCNCC3)c(F)cc2c1=O. The van der Waals surface area contributed by atoms with E-state index >= 15 is 0 Å². The maximum Gasteiger partial charge on any atom is 0.341 e. The molecule has 29 heavy (non-hydrogen) atoms. The van der Waals surface area contributed by atoms with E-state index in [0.717, 1.165) is 24.7 Å². The molecule has 0 unspecified atom stereocenters. The monoisotopic (exact) mass is 415 g/mol. The van der Waals surface area contributed by atoms with Crippen molar-refractivity contribution in [3.8, 4) is 0 Å². The number of carboxylic acid groups (broad SMARTS) is 1. The molecule has 1 aliphatic heterocycles. The Morgan fingerprint density at radius 1 is 1.21 bits per heavy atom. The van der Waals surface area contributed by atoms with Crippen LogP contribution < -0.4 is 15.6 Å². The lowest BCUT2D eigenvalue weighted by Crippen LogP contribution is -2.43. The van der Waals surface area contributed by atoms with Crippen molar-refractivity contribution in [3.63, 3.8) is 0 Å². The van der Waals surface area contributed by atoms with Gasteiger partial charge in [0, 0.05) is 49.3 Å². The largest absolute Gasteiger partial charge is 0.477 e. The van der Waals surface area contributed by atoms with Crippen molar-refractivity contribution >= 4 is 34.2 Å². The lowest BCUT2D eigenvalue weighted by molar-refractivity contribution is 0.0695. The molecule has 3 aromatic rings. The number of rotatable bonds is 4. The molecule has 0 aliphatic carbocycles. The van der Waals surface area contributed by atoms with Crippen LogP contribution in [0.25, 0.3) is 10.9 Å². The number of nitrogens with one attached hydrogen (secondary N) is 1. The molecule has 6 nitrogen and oxygen atoms in total. The molecule has 1 aliphatic rings. The maximum atomic E-state index is 14.9. The molecule has 1 aromatic heterocycles. The summed E-state index contributed by atoms with van der Waals surface area (Å²) in [5.41, 5.74) is 0.637. The Labute approximate surface area is 171 Å². The zero-order chi connectivity index (χ0) is 20.5. The van der Waals surface area contributed by atoms with E-state index in [1.807, 2.05) is 11.0 Å². The van der Waals surface area contributed by atoms with Crippen molar-refractivity contribution < 1.29 is 14.3 Å². The van der Waals surface area contributed by atoms with Crippen molar-refractivity contribution in [2.75, 3.05) is 31.1 Å². The fraction of sp³-hybridized carbons (Fsp3) is 0.238. The van der Waals surface area contributed by atoms with Gasteiger partial charge in [-0.1, -0.05) is 23.7 Å². The molecule has 2 heterocycles. The minimum atomic E-state index is -1.34. The van der Waals surface area contributed by atoms with Crippen molar-refractivity contribution in [1.82, 2.24) is 9.88 Å². The second kappa shape index (κ2) is 7.85. The van der Waals surface area contributed by atoms with Crippen LogP contribution >= 0.6 is 11.6 Å². The summed E-state index contributed by atoms with van der Waals surface area (Å²) in [4.78, 5) is 26.2. The number of pyridine rings is 1.